The first kappa shape index (κ1) is 20.9. The van der Waals surface area contributed by atoms with Crippen LogP contribution in [0.2, 0.25) is 0 Å². The maximum atomic E-state index is 13.0. The summed E-state index contributed by atoms with van der Waals surface area (Å²) < 4.78 is 6.36. The third kappa shape index (κ3) is 4.48. The number of rotatable bonds is 5. The molecule has 1 aromatic carbocycles. The monoisotopic (exact) mass is 448 g/mol. The summed E-state index contributed by atoms with van der Waals surface area (Å²) in [6.07, 6.45) is 4.75. The SMILES string of the molecule is Cc1ccccc1Oc1nc(N2CCCCC2)nc2c1CN(C(=O)Cc1cccs1)CC2. The Morgan fingerprint density at radius 1 is 1.06 bits per heavy atom. The Morgan fingerprint density at radius 2 is 1.91 bits per heavy atom. The average molecular weight is 449 g/mol. The molecule has 0 unspecified atom stereocenters. The standard InChI is InChI=1S/C25H28N4O2S/c1-18-8-3-4-10-22(18)31-24-20-17-29(23(30)16-19-9-7-15-32-19)14-11-21(20)26-25(27-24)28-12-5-2-6-13-28/h3-4,7-10,15H,2,5-6,11-14,16-17H2,1H3. The third-order valence-corrected chi connectivity index (χ3v) is 7.08. The molecule has 1 saturated heterocycles. The lowest BCUT2D eigenvalue weighted by Gasteiger charge is -2.32. The number of thiophene rings is 1. The number of ether oxygens (including phenoxy) is 1. The molecule has 32 heavy (non-hydrogen) atoms. The molecule has 1 fully saturated rings. The summed E-state index contributed by atoms with van der Waals surface area (Å²) in [5.74, 6) is 2.27. The molecule has 0 N–H and O–H groups in total. The summed E-state index contributed by atoms with van der Waals surface area (Å²) in [6.45, 7) is 5.16. The van der Waals surface area contributed by atoms with Crippen molar-refractivity contribution in [3.63, 3.8) is 0 Å². The second-order valence-electron chi connectivity index (χ2n) is 8.49. The van der Waals surface area contributed by atoms with Gasteiger partial charge in [-0.05, 0) is 49.3 Å². The third-order valence-electron chi connectivity index (χ3n) is 6.21. The van der Waals surface area contributed by atoms with E-state index in [1.807, 2.05) is 53.6 Å². The summed E-state index contributed by atoms with van der Waals surface area (Å²) in [5, 5.41) is 2.01. The number of amides is 1. The largest absolute Gasteiger partial charge is 0.438 e. The number of carbonyl (C=O) groups is 1. The molecule has 0 aliphatic carbocycles. The van der Waals surface area contributed by atoms with Gasteiger partial charge < -0.3 is 14.5 Å². The summed E-state index contributed by atoms with van der Waals surface area (Å²) in [7, 11) is 0. The van der Waals surface area contributed by atoms with Gasteiger partial charge in [-0.1, -0.05) is 24.3 Å². The van der Waals surface area contributed by atoms with Crippen LogP contribution in [0, 0.1) is 6.92 Å². The van der Waals surface area contributed by atoms with Crippen LogP contribution in [0.15, 0.2) is 41.8 Å². The number of aryl methyl sites for hydroxylation is 1. The molecule has 6 nitrogen and oxygen atoms in total. The minimum Gasteiger partial charge on any atom is -0.438 e. The van der Waals surface area contributed by atoms with Crippen molar-refractivity contribution in [2.24, 2.45) is 0 Å². The van der Waals surface area contributed by atoms with E-state index in [4.69, 9.17) is 14.7 Å². The van der Waals surface area contributed by atoms with Crippen molar-refractivity contribution in [1.82, 2.24) is 14.9 Å². The highest BCUT2D eigenvalue weighted by atomic mass is 32.1. The van der Waals surface area contributed by atoms with Gasteiger partial charge in [-0.3, -0.25) is 4.79 Å². The Labute approximate surface area is 192 Å². The van der Waals surface area contributed by atoms with E-state index in [1.54, 1.807) is 11.3 Å². The van der Waals surface area contributed by atoms with E-state index in [1.165, 1.54) is 19.3 Å². The molecular formula is C25H28N4O2S. The summed E-state index contributed by atoms with van der Waals surface area (Å²) in [6, 6.07) is 12.0. The number of piperidine rings is 1. The molecular weight excluding hydrogens is 420 g/mol. The van der Waals surface area contributed by atoms with Gasteiger partial charge >= 0.3 is 0 Å². The Balaban J connectivity index is 1.46. The van der Waals surface area contributed by atoms with Crippen molar-refractivity contribution < 1.29 is 9.53 Å². The lowest BCUT2D eigenvalue weighted by atomic mass is 10.1. The van der Waals surface area contributed by atoms with Crippen LogP contribution in [0.5, 0.6) is 11.6 Å². The molecule has 3 aromatic rings. The van der Waals surface area contributed by atoms with Crippen molar-refractivity contribution >= 4 is 23.2 Å². The molecule has 0 spiro atoms. The molecule has 5 rings (SSSR count). The highest BCUT2D eigenvalue weighted by molar-refractivity contribution is 7.10. The van der Waals surface area contributed by atoms with Crippen LogP contribution < -0.4 is 9.64 Å². The predicted octanol–water partition coefficient (Wildman–Crippen LogP) is 4.76. The number of benzene rings is 1. The van der Waals surface area contributed by atoms with Gasteiger partial charge in [0, 0.05) is 30.9 Å². The van der Waals surface area contributed by atoms with E-state index < -0.39 is 0 Å². The Hall–Kier alpha value is -2.93. The summed E-state index contributed by atoms with van der Waals surface area (Å²) >= 11 is 1.62. The van der Waals surface area contributed by atoms with Gasteiger partial charge in [-0.25, -0.2) is 4.98 Å². The molecule has 166 valence electrons. The van der Waals surface area contributed by atoms with E-state index in [9.17, 15) is 4.79 Å². The number of aromatic nitrogens is 2. The molecule has 2 aromatic heterocycles. The number of hydrogen-bond acceptors (Lipinski definition) is 6. The number of para-hydroxylation sites is 1. The van der Waals surface area contributed by atoms with E-state index in [2.05, 4.69) is 4.90 Å². The van der Waals surface area contributed by atoms with E-state index >= 15 is 0 Å². The number of hydrogen-bond donors (Lipinski definition) is 0. The number of fused-ring (bicyclic) bond motifs is 1. The summed E-state index contributed by atoms with van der Waals surface area (Å²) in [4.78, 5) is 28.0. The molecule has 4 heterocycles. The van der Waals surface area contributed by atoms with Crippen LogP contribution >= 0.6 is 11.3 Å². The Morgan fingerprint density at radius 3 is 2.69 bits per heavy atom. The van der Waals surface area contributed by atoms with Crippen LogP contribution in [0.25, 0.3) is 0 Å². The zero-order valence-electron chi connectivity index (χ0n) is 18.4. The second kappa shape index (κ2) is 9.28. The lowest BCUT2D eigenvalue weighted by molar-refractivity contribution is -0.131. The first-order chi connectivity index (χ1) is 15.7. The molecule has 0 radical (unpaired) electrons. The number of anilines is 1. The van der Waals surface area contributed by atoms with Crippen LogP contribution in [-0.4, -0.2) is 40.4 Å². The minimum absolute atomic E-state index is 0.139. The van der Waals surface area contributed by atoms with Gasteiger partial charge in [-0.15, -0.1) is 11.3 Å². The van der Waals surface area contributed by atoms with Crippen molar-refractivity contribution in [3.8, 4) is 11.6 Å². The fraction of sp³-hybridized carbons (Fsp3) is 0.400. The zero-order valence-corrected chi connectivity index (χ0v) is 19.2. The topological polar surface area (TPSA) is 58.6 Å². The van der Waals surface area contributed by atoms with Gasteiger partial charge in [0.1, 0.15) is 5.75 Å². The maximum Gasteiger partial charge on any atom is 0.229 e. The normalized spacial score (nSPS) is 16.0. The Bertz CT molecular complexity index is 1090. The highest BCUT2D eigenvalue weighted by Gasteiger charge is 2.28. The average Bonchev–Trinajstić information content (AvgIpc) is 3.34. The molecule has 1 amide bonds. The highest BCUT2D eigenvalue weighted by Crippen LogP contribution is 2.33. The first-order valence-electron chi connectivity index (χ1n) is 11.4. The number of carbonyl (C=O) groups excluding carboxylic acids is 1. The minimum atomic E-state index is 0.139. The van der Waals surface area contributed by atoms with Gasteiger partial charge in [0.15, 0.2) is 0 Å². The molecule has 2 aliphatic heterocycles. The van der Waals surface area contributed by atoms with E-state index in [0.717, 1.165) is 52.9 Å². The van der Waals surface area contributed by atoms with Crippen molar-refractivity contribution in [3.05, 3.63) is 63.5 Å². The zero-order chi connectivity index (χ0) is 21.9. The van der Waals surface area contributed by atoms with Crippen LogP contribution in [-0.2, 0) is 24.2 Å². The number of nitrogens with zero attached hydrogens (tertiary/aromatic N) is 4. The lowest BCUT2D eigenvalue weighted by Crippen LogP contribution is -2.38. The first-order valence-corrected chi connectivity index (χ1v) is 12.2. The quantitative estimate of drug-likeness (QED) is 0.563. The molecule has 0 saturated carbocycles. The van der Waals surface area contributed by atoms with Gasteiger partial charge in [0.2, 0.25) is 17.7 Å². The predicted molar refractivity (Wildman–Crippen MR) is 126 cm³/mol. The van der Waals surface area contributed by atoms with Crippen molar-refractivity contribution in [1.29, 1.82) is 0 Å². The van der Waals surface area contributed by atoms with Crippen LogP contribution in [0.4, 0.5) is 5.95 Å². The van der Waals surface area contributed by atoms with Gasteiger partial charge in [0.25, 0.3) is 0 Å². The second-order valence-corrected chi connectivity index (χ2v) is 9.52. The van der Waals surface area contributed by atoms with Crippen molar-refractivity contribution in [2.45, 2.75) is 45.6 Å². The van der Waals surface area contributed by atoms with Gasteiger partial charge in [-0.2, -0.15) is 4.98 Å². The summed E-state index contributed by atoms with van der Waals surface area (Å²) in [5.41, 5.74) is 2.99. The molecule has 2 aliphatic rings. The fourth-order valence-corrected chi connectivity index (χ4v) is 5.05. The van der Waals surface area contributed by atoms with Crippen molar-refractivity contribution in [2.75, 3.05) is 24.5 Å². The van der Waals surface area contributed by atoms with E-state index in [-0.39, 0.29) is 5.91 Å². The van der Waals surface area contributed by atoms with Crippen LogP contribution in [0.1, 0.15) is 41.0 Å². The maximum absolute atomic E-state index is 13.0. The molecule has 7 heteroatoms. The smallest absolute Gasteiger partial charge is 0.229 e. The fourth-order valence-electron chi connectivity index (χ4n) is 4.35. The van der Waals surface area contributed by atoms with Gasteiger partial charge in [0.05, 0.1) is 24.2 Å². The molecule has 0 bridgehead atoms. The van der Waals surface area contributed by atoms with Crippen LogP contribution in [0.3, 0.4) is 0 Å². The Kier molecular flexibility index (Phi) is 6.08. The van der Waals surface area contributed by atoms with E-state index in [0.29, 0.717) is 25.4 Å². The molecule has 0 atom stereocenters.